The minimum Gasteiger partial charge on any atom is -0.490 e. The van der Waals surface area contributed by atoms with E-state index in [0.29, 0.717) is 41.0 Å². The highest BCUT2D eigenvalue weighted by molar-refractivity contribution is 6.39. The predicted octanol–water partition coefficient (Wildman–Crippen LogP) is 6.87. The average molecular weight is 597 g/mol. The maximum atomic E-state index is 13.4. The van der Waals surface area contributed by atoms with Gasteiger partial charge in [-0.25, -0.2) is 9.69 Å². The van der Waals surface area contributed by atoms with Gasteiger partial charge in [0.25, 0.3) is 11.8 Å². The molecule has 0 bridgehead atoms. The fourth-order valence-corrected chi connectivity index (χ4v) is 4.60. The Bertz CT molecular complexity index is 1700. The second kappa shape index (κ2) is 13.3. The lowest BCUT2D eigenvalue weighted by molar-refractivity contribution is -0.122. The van der Waals surface area contributed by atoms with Crippen LogP contribution >= 0.6 is 11.6 Å². The Balaban J connectivity index is 1.35. The molecule has 4 amide bonds. The number of rotatable bonds is 10. The van der Waals surface area contributed by atoms with Crippen molar-refractivity contribution in [3.05, 3.63) is 124 Å². The van der Waals surface area contributed by atoms with E-state index in [1.54, 1.807) is 36.4 Å². The van der Waals surface area contributed by atoms with Gasteiger partial charge in [-0.15, -0.1) is 0 Å². The minimum absolute atomic E-state index is 0.186. The smallest absolute Gasteiger partial charge is 0.335 e. The summed E-state index contributed by atoms with van der Waals surface area (Å²) in [6.07, 6.45) is 1.41. The molecule has 1 saturated heterocycles. The summed E-state index contributed by atoms with van der Waals surface area (Å²) >= 11 is 6.22. The van der Waals surface area contributed by atoms with Gasteiger partial charge in [-0.2, -0.15) is 0 Å². The van der Waals surface area contributed by atoms with Gasteiger partial charge >= 0.3 is 6.03 Å². The van der Waals surface area contributed by atoms with E-state index in [0.717, 1.165) is 21.6 Å². The highest BCUT2D eigenvalue weighted by Crippen LogP contribution is 2.31. The molecular weight excluding hydrogens is 568 g/mol. The summed E-state index contributed by atoms with van der Waals surface area (Å²) in [7, 11) is 0. The Morgan fingerprint density at radius 1 is 0.767 bits per heavy atom. The van der Waals surface area contributed by atoms with Gasteiger partial charge in [0, 0.05) is 10.6 Å². The van der Waals surface area contributed by atoms with Crippen LogP contribution in [0.25, 0.3) is 6.08 Å². The van der Waals surface area contributed by atoms with Crippen LogP contribution in [-0.2, 0) is 22.8 Å². The standard InChI is InChI=1S/C34H29ClN2O6/c1-3-41-31-17-24(14-16-30(31)43-20-23-9-5-4-6-10-23)21-42-29-12-8-7-11-25(29)18-27-32(38)36-34(40)37(33(27)39)26-15-13-22(2)28(35)19-26/h4-19H,3,20-21H2,1-2H3,(H,36,38,40)/b27-18+. The van der Waals surface area contributed by atoms with E-state index in [9.17, 15) is 14.4 Å². The molecule has 1 fully saturated rings. The van der Waals surface area contributed by atoms with Crippen LogP contribution in [-0.4, -0.2) is 24.5 Å². The van der Waals surface area contributed by atoms with Gasteiger partial charge in [-0.1, -0.05) is 72.3 Å². The van der Waals surface area contributed by atoms with Crippen molar-refractivity contribution in [3.63, 3.8) is 0 Å². The zero-order chi connectivity index (χ0) is 30.3. The summed E-state index contributed by atoms with van der Waals surface area (Å²) in [5, 5.41) is 2.62. The number of carbonyl (C=O) groups excluding carboxylic acids is 3. The number of anilines is 1. The van der Waals surface area contributed by atoms with Gasteiger partial charge in [0.05, 0.1) is 12.3 Å². The molecule has 4 aromatic rings. The number of nitrogens with zero attached hydrogens (tertiary/aromatic N) is 1. The number of hydrogen-bond donors (Lipinski definition) is 1. The van der Waals surface area contributed by atoms with Crippen LogP contribution in [0.4, 0.5) is 10.5 Å². The summed E-state index contributed by atoms with van der Waals surface area (Å²) in [4.78, 5) is 39.6. The summed E-state index contributed by atoms with van der Waals surface area (Å²) in [6.45, 7) is 4.77. The molecule has 0 saturated carbocycles. The van der Waals surface area contributed by atoms with Crippen molar-refractivity contribution in [2.75, 3.05) is 11.5 Å². The van der Waals surface area contributed by atoms with Crippen LogP contribution in [0.15, 0.2) is 96.6 Å². The number of barbiturate groups is 1. The van der Waals surface area contributed by atoms with Crippen molar-refractivity contribution >= 4 is 41.2 Å². The molecule has 1 heterocycles. The SMILES string of the molecule is CCOc1cc(COc2ccccc2/C=C2\C(=O)NC(=O)N(c3ccc(C)c(Cl)c3)C2=O)ccc1OCc1ccccc1. The van der Waals surface area contributed by atoms with Gasteiger partial charge in [0.15, 0.2) is 11.5 Å². The van der Waals surface area contributed by atoms with Gasteiger partial charge in [0.1, 0.15) is 24.5 Å². The van der Waals surface area contributed by atoms with E-state index in [1.807, 2.05) is 62.4 Å². The van der Waals surface area contributed by atoms with Crippen LogP contribution in [0.1, 0.15) is 29.2 Å². The van der Waals surface area contributed by atoms with Gasteiger partial charge in [-0.3, -0.25) is 14.9 Å². The maximum Gasteiger partial charge on any atom is 0.335 e. The summed E-state index contributed by atoms with van der Waals surface area (Å²) in [6, 6.07) is 26.4. The number of urea groups is 1. The minimum atomic E-state index is -0.849. The number of hydrogen-bond acceptors (Lipinski definition) is 6. The lowest BCUT2D eigenvalue weighted by atomic mass is 10.1. The quantitative estimate of drug-likeness (QED) is 0.159. The first kappa shape index (κ1) is 29.4. The average Bonchev–Trinajstić information content (AvgIpc) is 3.00. The van der Waals surface area contributed by atoms with E-state index in [2.05, 4.69) is 5.32 Å². The summed E-state index contributed by atoms with van der Waals surface area (Å²) in [5.41, 5.74) is 3.19. The van der Waals surface area contributed by atoms with E-state index in [4.69, 9.17) is 25.8 Å². The zero-order valence-corrected chi connectivity index (χ0v) is 24.4. The molecule has 218 valence electrons. The molecular formula is C34H29ClN2O6. The predicted molar refractivity (Wildman–Crippen MR) is 164 cm³/mol. The highest BCUT2D eigenvalue weighted by atomic mass is 35.5. The molecule has 4 aromatic carbocycles. The molecule has 0 spiro atoms. The highest BCUT2D eigenvalue weighted by Gasteiger charge is 2.37. The maximum absolute atomic E-state index is 13.4. The molecule has 0 unspecified atom stereocenters. The molecule has 1 N–H and O–H groups in total. The Morgan fingerprint density at radius 2 is 1.49 bits per heavy atom. The van der Waals surface area contributed by atoms with Crippen LogP contribution < -0.4 is 24.4 Å². The second-order valence-corrected chi connectivity index (χ2v) is 10.1. The van der Waals surface area contributed by atoms with Gasteiger partial charge < -0.3 is 14.2 Å². The fourth-order valence-electron chi connectivity index (χ4n) is 4.43. The van der Waals surface area contributed by atoms with Crippen molar-refractivity contribution in [2.45, 2.75) is 27.1 Å². The number of benzene rings is 4. The number of carbonyl (C=O) groups is 3. The van der Waals surface area contributed by atoms with Crippen molar-refractivity contribution in [2.24, 2.45) is 0 Å². The fraction of sp³-hybridized carbons (Fsp3) is 0.147. The summed E-state index contributed by atoms with van der Waals surface area (Å²) in [5.74, 6) is 0.0955. The molecule has 9 heteroatoms. The third kappa shape index (κ3) is 6.88. The lowest BCUT2D eigenvalue weighted by Gasteiger charge is -2.26. The number of para-hydroxylation sites is 1. The summed E-state index contributed by atoms with van der Waals surface area (Å²) < 4.78 is 17.9. The Kier molecular flexibility index (Phi) is 9.08. The Morgan fingerprint density at radius 3 is 2.26 bits per heavy atom. The van der Waals surface area contributed by atoms with Crippen LogP contribution in [0.5, 0.6) is 17.2 Å². The Labute approximate surface area is 254 Å². The molecule has 43 heavy (non-hydrogen) atoms. The molecule has 1 aliphatic rings. The van der Waals surface area contributed by atoms with Gasteiger partial charge in [0.2, 0.25) is 0 Å². The number of amides is 4. The van der Waals surface area contributed by atoms with E-state index in [1.165, 1.54) is 12.1 Å². The molecule has 1 aliphatic heterocycles. The third-order valence-corrected chi connectivity index (χ3v) is 7.08. The van der Waals surface area contributed by atoms with E-state index < -0.39 is 17.8 Å². The zero-order valence-electron chi connectivity index (χ0n) is 23.6. The molecule has 0 aliphatic carbocycles. The van der Waals surface area contributed by atoms with Crippen LogP contribution in [0, 0.1) is 6.92 Å². The second-order valence-electron chi connectivity index (χ2n) is 9.71. The van der Waals surface area contributed by atoms with E-state index in [-0.39, 0.29) is 17.9 Å². The Hall–Kier alpha value is -5.08. The van der Waals surface area contributed by atoms with Crippen molar-refractivity contribution in [3.8, 4) is 17.2 Å². The topological polar surface area (TPSA) is 94.2 Å². The van der Waals surface area contributed by atoms with Gasteiger partial charge in [-0.05, 0) is 66.9 Å². The monoisotopic (exact) mass is 596 g/mol. The number of ether oxygens (including phenoxy) is 3. The molecule has 0 radical (unpaired) electrons. The molecule has 8 nitrogen and oxygen atoms in total. The van der Waals surface area contributed by atoms with Crippen LogP contribution in [0.2, 0.25) is 5.02 Å². The number of aryl methyl sites for hydroxylation is 1. The largest absolute Gasteiger partial charge is 0.490 e. The lowest BCUT2D eigenvalue weighted by Crippen LogP contribution is -2.54. The van der Waals surface area contributed by atoms with Crippen molar-refractivity contribution in [1.29, 1.82) is 0 Å². The first-order chi connectivity index (χ1) is 20.8. The molecule has 0 aromatic heterocycles. The van der Waals surface area contributed by atoms with Crippen LogP contribution in [0.3, 0.4) is 0 Å². The number of imide groups is 2. The molecule has 0 atom stereocenters. The normalized spacial score (nSPS) is 14.1. The van der Waals surface area contributed by atoms with Crippen molar-refractivity contribution in [1.82, 2.24) is 5.32 Å². The molecule has 5 rings (SSSR count). The third-order valence-electron chi connectivity index (χ3n) is 6.67. The first-order valence-electron chi connectivity index (χ1n) is 13.7. The van der Waals surface area contributed by atoms with Crippen molar-refractivity contribution < 1.29 is 28.6 Å². The first-order valence-corrected chi connectivity index (χ1v) is 14.0. The number of halogens is 1. The number of nitrogens with one attached hydrogen (secondary N) is 1. The van der Waals surface area contributed by atoms with E-state index >= 15 is 0 Å².